The highest BCUT2D eigenvalue weighted by Crippen LogP contribution is 2.10. The molecule has 6 nitrogen and oxygen atoms in total. The third-order valence-electron chi connectivity index (χ3n) is 3.88. The Bertz CT molecular complexity index is 487. The number of rotatable bonds is 10. The van der Waals surface area contributed by atoms with E-state index in [0.717, 1.165) is 26.2 Å². The van der Waals surface area contributed by atoms with Gasteiger partial charge in [0.15, 0.2) is 0 Å². The van der Waals surface area contributed by atoms with E-state index >= 15 is 0 Å². The third kappa shape index (κ3) is 7.11. The van der Waals surface area contributed by atoms with E-state index in [-0.39, 0.29) is 5.91 Å². The predicted molar refractivity (Wildman–Crippen MR) is 96.1 cm³/mol. The minimum Gasteiger partial charge on any atom is -0.389 e. The van der Waals surface area contributed by atoms with Gasteiger partial charge in [0.2, 0.25) is 5.91 Å². The van der Waals surface area contributed by atoms with Gasteiger partial charge >= 0.3 is 0 Å². The molecule has 0 saturated carbocycles. The Kier molecular flexibility index (Phi) is 8.41. The number of ether oxygens (including phenoxy) is 1. The topological polar surface area (TPSA) is 65.0 Å². The van der Waals surface area contributed by atoms with E-state index in [1.807, 2.05) is 17.5 Å². The number of carbonyl (C=O) groups is 1. The van der Waals surface area contributed by atoms with Crippen LogP contribution >= 0.6 is 11.3 Å². The summed E-state index contributed by atoms with van der Waals surface area (Å²) in [5.74, 6) is 0.0327. The fraction of sp³-hybridized carbons (Fsp3) is 0.588. The second-order valence-electron chi connectivity index (χ2n) is 5.92. The number of hydrogen-bond donors (Lipinski definition) is 2. The van der Waals surface area contributed by atoms with Crippen molar-refractivity contribution in [2.45, 2.75) is 12.7 Å². The smallest absolute Gasteiger partial charge is 0.234 e. The SMILES string of the molecule is C=CCNC(=O)CN1CCN(CC(O)COCc2cccs2)CC1. The Morgan fingerprint density at radius 3 is 2.83 bits per heavy atom. The predicted octanol–water partition coefficient (Wildman–Crippen LogP) is 0.545. The van der Waals surface area contributed by atoms with Crippen LogP contribution in [0, 0.1) is 0 Å². The van der Waals surface area contributed by atoms with Gasteiger partial charge in [-0.2, -0.15) is 0 Å². The Hall–Kier alpha value is -1.25. The van der Waals surface area contributed by atoms with Gasteiger partial charge in [0.25, 0.3) is 0 Å². The van der Waals surface area contributed by atoms with E-state index in [1.165, 1.54) is 4.88 Å². The highest BCUT2D eigenvalue weighted by molar-refractivity contribution is 7.09. The van der Waals surface area contributed by atoms with E-state index in [2.05, 4.69) is 21.7 Å². The summed E-state index contributed by atoms with van der Waals surface area (Å²) in [6.45, 7) is 9.43. The van der Waals surface area contributed by atoms with Crippen LogP contribution in [0.2, 0.25) is 0 Å². The van der Waals surface area contributed by atoms with Crippen LogP contribution in [0.25, 0.3) is 0 Å². The summed E-state index contributed by atoms with van der Waals surface area (Å²) in [5, 5.41) is 14.9. The van der Waals surface area contributed by atoms with Gasteiger partial charge in [-0.3, -0.25) is 14.6 Å². The lowest BCUT2D eigenvalue weighted by Gasteiger charge is -2.35. The lowest BCUT2D eigenvalue weighted by atomic mass is 10.2. The van der Waals surface area contributed by atoms with E-state index in [9.17, 15) is 9.90 Å². The first-order valence-electron chi connectivity index (χ1n) is 8.28. The number of amides is 1. The average molecular weight is 353 g/mol. The molecule has 0 bridgehead atoms. The van der Waals surface area contributed by atoms with Crippen molar-refractivity contribution in [2.75, 3.05) is 52.4 Å². The summed E-state index contributed by atoms with van der Waals surface area (Å²) < 4.78 is 5.55. The molecule has 1 atom stereocenters. The largest absolute Gasteiger partial charge is 0.389 e. The first-order valence-corrected chi connectivity index (χ1v) is 9.16. The Labute approximate surface area is 147 Å². The molecular formula is C17H27N3O3S. The lowest BCUT2D eigenvalue weighted by molar-refractivity contribution is -0.122. The molecule has 1 aromatic rings. The van der Waals surface area contributed by atoms with Crippen LogP contribution < -0.4 is 5.32 Å². The van der Waals surface area contributed by atoms with Crippen LogP contribution in [0.5, 0.6) is 0 Å². The van der Waals surface area contributed by atoms with E-state index in [0.29, 0.717) is 32.8 Å². The number of nitrogens with one attached hydrogen (secondary N) is 1. The van der Waals surface area contributed by atoms with Gasteiger partial charge < -0.3 is 15.2 Å². The molecule has 2 N–H and O–H groups in total. The molecule has 1 unspecified atom stereocenters. The molecule has 0 aliphatic carbocycles. The minimum atomic E-state index is -0.479. The van der Waals surface area contributed by atoms with Crippen molar-refractivity contribution in [1.29, 1.82) is 0 Å². The van der Waals surface area contributed by atoms with Crippen LogP contribution in [0.1, 0.15) is 4.88 Å². The maximum Gasteiger partial charge on any atom is 0.234 e. The molecule has 0 spiro atoms. The summed E-state index contributed by atoms with van der Waals surface area (Å²) in [7, 11) is 0. The molecule has 0 aromatic carbocycles. The van der Waals surface area contributed by atoms with Crippen molar-refractivity contribution in [1.82, 2.24) is 15.1 Å². The second-order valence-corrected chi connectivity index (χ2v) is 6.95. The van der Waals surface area contributed by atoms with Crippen molar-refractivity contribution < 1.29 is 14.6 Å². The zero-order valence-corrected chi connectivity index (χ0v) is 14.8. The third-order valence-corrected chi connectivity index (χ3v) is 4.73. The number of piperazine rings is 1. The van der Waals surface area contributed by atoms with Crippen molar-refractivity contribution in [2.24, 2.45) is 0 Å². The fourth-order valence-corrected chi connectivity index (χ4v) is 3.26. The maximum atomic E-state index is 11.7. The van der Waals surface area contributed by atoms with E-state index in [1.54, 1.807) is 17.4 Å². The van der Waals surface area contributed by atoms with E-state index in [4.69, 9.17) is 4.74 Å². The molecule has 2 heterocycles. The molecule has 1 fully saturated rings. The van der Waals surface area contributed by atoms with Gasteiger partial charge in [-0.1, -0.05) is 12.1 Å². The molecule has 1 aliphatic rings. The molecule has 1 aromatic heterocycles. The molecule has 134 valence electrons. The van der Waals surface area contributed by atoms with E-state index < -0.39 is 6.10 Å². The van der Waals surface area contributed by atoms with Gasteiger partial charge in [-0.25, -0.2) is 0 Å². The van der Waals surface area contributed by atoms with Gasteiger partial charge in [0.1, 0.15) is 0 Å². The summed E-state index contributed by atoms with van der Waals surface area (Å²) in [6, 6.07) is 4.03. The van der Waals surface area contributed by atoms with Crippen molar-refractivity contribution in [3.63, 3.8) is 0 Å². The normalized spacial score (nSPS) is 17.5. The zero-order valence-electron chi connectivity index (χ0n) is 14.0. The van der Waals surface area contributed by atoms with Crippen LogP contribution in [0.4, 0.5) is 0 Å². The zero-order chi connectivity index (χ0) is 17.2. The molecule has 24 heavy (non-hydrogen) atoms. The van der Waals surface area contributed by atoms with Gasteiger partial charge in [-0.15, -0.1) is 17.9 Å². The Balaban J connectivity index is 1.56. The Morgan fingerprint density at radius 1 is 1.42 bits per heavy atom. The fourth-order valence-electron chi connectivity index (χ4n) is 2.62. The number of aliphatic hydroxyl groups is 1. The molecular weight excluding hydrogens is 326 g/mol. The van der Waals surface area contributed by atoms with Gasteiger partial charge in [0, 0.05) is 44.1 Å². The molecule has 1 aliphatic heterocycles. The number of carbonyl (C=O) groups excluding carboxylic acids is 1. The molecule has 0 radical (unpaired) electrons. The van der Waals surface area contributed by atoms with Crippen molar-refractivity contribution >= 4 is 17.2 Å². The number of thiophene rings is 1. The average Bonchev–Trinajstić information content (AvgIpc) is 3.08. The van der Waals surface area contributed by atoms with Crippen LogP contribution in [0.15, 0.2) is 30.2 Å². The summed E-state index contributed by atoms with van der Waals surface area (Å²) >= 11 is 1.66. The number of hydrogen-bond acceptors (Lipinski definition) is 6. The quantitative estimate of drug-likeness (QED) is 0.601. The number of aliphatic hydroxyl groups excluding tert-OH is 1. The Morgan fingerprint density at radius 2 is 2.17 bits per heavy atom. The first kappa shape index (κ1) is 19.1. The maximum absolute atomic E-state index is 11.7. The first-order chi connectivity index (χ1) is 11.7. The molecule has 2 rings (SSSR count). The summed E-state index contributed by atoms with van der Waals surface area (Å²) in [4.78, 5) is 17.2. The highest BCUT2D eigenvalue weighted by atomic mass is 32.1. The molecule has 1 saturated heterocycles. The van der Waals surface area contributed by atoms with Crippen molar-refractivity contribution in [3.8, 4) is 0 Å². The standard InChI is InChI=1S/C17H27N3O3S/c1-2-5-18-17(22)12-20-8-6-19(7-9-20)11-15(21)13-23-14-16-4-3-10-24-16/h2-4,10,15,21H,1,5-9,11-14H2,(H,18,22). The summed E-state index contributed by atoms with van der Waals surface area (Å²) in [6.07, 6.45) is 1.20. The van der Waals surface area contributed by atoms with Gasteiger partial charge in [0.05, 0.1) is 25.9 Å². The second kappa shape index (κ2) is 10.6. The number of β-amino-alcohol motifs (C(OH)–C–C–N with tert-alkyl or cyclic N) is 1. The lowest BCUT2D eigenvalue weighted by Crippen LogP contribution is -2.51. The minimum absolute atomic E-state index is 0.0327. The number of nitrogens with zero attached hydrogens (tertiary/aromatic N) is 2. The monoisotopic (exact) mass is 353 g/mol. The molecule has 7 heteroatoms. The van der Waals surface area contributed by atoms with Crippen LogP contribution in [0.3, 0.4) is 0 Å². The molecule has 1 amide bonds. The van der Waals surface area contributed by atoms with Gasteiger partial charge in [-0.05, 0) is 11.4 Å². The highest BCUT2D eigenvalue weighted by Gasteiger charge is 2.20. The van der Waals surface area contributed by atoms with Crippen LogP contribution in [-0.2, 0) is 16.1 Å². The van der Waals surface area contributed by atoms with Crippen molar-refractivity contribution in [3.05, 3.63) is 35.0 Å². The summed E-state index contributed by atoms with van der Waals surface area (Å²) in [5.41, 5.74) is 0. The van der Waals surface area contributed by atoms with Crippen LogP contribution in [-0.4, -0.2) is 79.3 Å².